The molecule has 0 bridgehead atoms. The summed E-state index contributed by atoms with van der Waals surface area (Å²) in [6.45, 7) is 0.277. The van der Waals surface area contributed by atoms with Gasteiger partial charge in [0.2, 0.25) is 0 Å². The number of aliphatic hydroxyl groups excluding tert-OH is 1. The van der Waals surface area contributed by atoms with Crippen molar-refractivity contribution in [3.8, 4) is 0 Å². The van der Waals surface area contributed by atoms with E-state index < -0.39 is 6.10 Å². The maximum absolute atomic E-state index is 11.0. The monoisotopic (exact) mass is 169 g/mol. The molecule has 0 amide bonds. The first kappa shape index (κ1) is 8.89. The predicted octanol–water partition coefficient (Wildman–Crippen LogP) is -1.44. The van der Waals surface area contributed by atoms with Crippen LogP contribution >= 0.6 is 0 Å². The third kappa shape index (κ3) is 2.14. The van der Waals surface area contributed by atoms with Gasteiger partial charge >= 0.3 is 0 Å². The van der Waals surface area contributed by atoms with E-state index in [1.807, 2.05) is 0 Å². The first-order chi connectivity index (χ1) is 5.74. The topological polar surface area (TPSA) is 81.1 Å². The van der Waals surface area contributed by atoms with Gasteiger partial charge in [0.05, 0.1) is 12.6 Å². The van der Waals surface area contributed by atoms with Crippen LogP contribution in [0.25, 0.3) is 0 Å². The fourth-order valence-corrected chi connectivity index (χ4v) is 0.799. The average molecular weight is 169 g/mol. The highest BCUT2D eigenvalue weighted by atomic mass is 16.3. The SMILES string of the molecule is NC[C@H](O)Cn1ncccc1=O. The summed E-state index contributed by atoms with van der Waals surface area (Å²) >= 11 is 0. The van der Waals surface area contributed by atoms with Crippen LogP contribution in [0.2, 0.25) is 0 Å². The molecular formula is C7H11N3O2. The van der Waals surface area contributed by atoms with E-state index in [4.69, 9.17) is 10.8 Å². The molecule has 0 aliphatic heterocycles. The largest absolute Gasteiger partial charge is 0.390 e. The van der Waals surface area contributed by atoms with Gasteiger partial charge in [-0.3, -0.25) is 4.79 Å². The van der Waals surface area contributed by atoms with Gasteiger partial charge in [0.25, 0.3) is 5.56 Å². The summed E-state index contributed by atoms with van der Waals surface area (Å²) in [5.74, 6) is 0. The smallest absolute Gasteiger partial charge is 0.266 e. The molecule has 5 heteroatoms. The highest BCUT2D eigenvalue weighted by molar-refractivity contribution is 4.85. The van der Waals surface area contributed by atoms with E-state index >= 15 is 0 Å². The van der Waals surface area contributed by atoms with Crippen LogP contribution in [0.1, 0.15) is 0 Å². The molecule has 1 aromatic rings. The minimum atomic E-state index is -0.711. The Morgan fingerprint density at radius 2 is 2.50 bits per heavy atom. The lowest BCUT2D eigenvalue weighted by atomic mass is 10.3. The van der Waals surface area contributed by atoms with E-state index in [0.29, 0.717) is 0 Å². The summed E-state index contributed by atoms with van der Waals surface area (Å²) in [7, 11) is 0. The highest BCUT2D eigenvalue weighted by Gasteiger charge is 2.03. The Balaban J connectivity index is 2.76. The molecule has 0 fully saturated rings. The number of hydrogen-bond acceptors (Lipinski definition) is 4. The van der Waals surface area contributed by atoms with Crippen LogP contribution in [-0.4, -0.2) is 27.5 Å². The van der Waals surface area contributed by atoms with Gasteiger partial charge in [-0.25, -0.2) is 4.68 Å². The van der Waals surface area contributed by atoms with Gasteiger partial charge in [0.15, 0.2) is 0 Å². The molecule has 66 valence electrons. The van der Waals surface area contributed by atoms with Crippen LogP contribution < -0.4 is 11.3 Å². The number of nitrogens with zero attached hydrogens (tertiary/aromatic N) is 2. The van der Waals surface area contributed by atoms with Crippen LogP contribution in [0.5, 0.6) is 0 Å². The van der Waals surface area contributed by atoms with Crippen molar-refractivity contribution in [2.75, 3.05) is 6.54 Å². The average Bonchev–Trinajstić information content (AvgIpc) is 2.09. The van der Waals surface area contributed by atoms with E-state index in [9.17, 15) is 4.79 Å². The molecule has 12 heavy (non-hydrogen) atoms. The van der Waals surface area contributed by atoms with E-state index in [2.05, 4.69) is 5.10 Å². The Kier molecular flexibility index (Phi) is 2.95. The summed E-state index contributed by atoms with van der Waals surface area (Å²) in [5.41, 5.74) is 4.95. The molecule has 1 heterocycles. The Morgan fingerprint density at radius 1 is 1.75 bits per heavy atom. The molecular weight excluding hydrogens is 158 g/mol. The Morgan fingerprint density at radius 3 is 3.08 bits per heavy atom. The first-order valence-corrected chi connectivity index (χ1v) is 3.64. The zero-order chi connectivity index (χ0) is 8.97. The van der Waals surface area contributed by atoms with E-state index in [0.717, 1.165) is 0 Å². The van der Waals surface area contributed by atoms with Gasteiger partial charge in [-0.1, -0.05) is 0 Å². The van der Waals surface area contributed by atoms with Crippen molar-refractivity contribution in [2.45, 2.75) is 12.6 Å². The number of aromatic nitrogens is 2. The lowest BCUT2D eigenvalue weighted by Gasteiger charge is -2.07. The third-order valence-corrected chi connectivity index (χ3v) is 1.44. The summed E-state index contributed by atoms with van der Waals surface area (Å²) in [5, 5.41) is 12.9. The Labute approximate surface area is 69.4 Å². The molecule has 0 aliphatic carbocycles. The summed E-state index contributed by atoms with van der Waals surface area (Å²) in [6.07, 6.45) is 0.780. The summed E-state index contributed by atoms with van der Waals surface area (Å²) in [4.78, 5) is 11.0. The minimum Gasteiger partial charge on any atom is -0.390 e. The second kappa shape index (κ2) is 3.99. The van der Waals surface area contributed by atoms with Crippen molar-refractivity contribution in [3.63, 3.8) is 0 Å². The first-order valence-electron chi connectivity index (χ1n) is 3.64. The molecule has 0 radical (unpaired) electrons. The second-order valence-electron chi connectivity index (χ2n) is 2.43. The zero-order valence-corrected chi connectivity index (χ0v) is 6.55. The van der Waals surface area contributed by atoms with Crippen LogP contribution in [0.15, 0.2) is 23.1 Å². The Bertz CT molecular complexity index is 297. The van der Waals surface area contributed by atoms with Gasteiger partial charge in [0, 0.05) is 18.8 Å². The molecule has 1 rings (SSSR count). The minimum absolute atomic E-state index is 0.128. The summed E-state index contributed by atoms with van der Waals surface area (Å²) < 4.78 is 1.18. The molecule has 0 saturated carbocycles. The van der Waals surface area contributed by atoms with E-state index in [-0.39, 0.29) is 18.6 Å². The maximum Gasteiger partial charge on any atom is 0.266 e. The third-order valence-electron chi connectivity index (χ3n) is 1.44. The lowest BCUT2D eigenvalue weighted by molar-refractivity contribution is 0.155. The maximum atomic E-state index is 11.0. The Hall–Kier alpha value is -1.20. The van der Waals surface area contributed by atoms with Crippen molar-refractivity contribution >= 4 is 0 Å². The lowest BCUT2D eigenvalue weighted by Crippen LogP contribution is -2.32. The predicted molar refractivity (Wildman–Crippen MR) is 43.6 cm³/mol. The van der Waals surface area contributed by atoms with Crippen molar-refractivity contribution in [2.24, 2.45) is 5.73 Å². The molecule has 0 aromatic carbocycles. The standard InChI is InChI=1S/C7H11N3O2/c8-4-6(11)5-10-7(12)2-1-3-9-10/h1-3,6,11H,4-5,8H2/t6-/m0/s1. The van der Waals surface area contributed by atoms with E-state index in [1.165, 1.54) is 16.9 Å². The van der Waals surface area contributed by atoms with Crippen molar-refractivity contribution in [1.29, 1.82) is 0 Å². The molecule has 0 saturated heterocycles. The second-order valence-corrected chi connectivity index (χ2v) is 2.43. The highest BCUT2D eigenvalue weighted by Crippen LogP contribution is 1.82. The van der Waals surface area contributed by atoms with Crippen molar-refractivity contribution in [3.05, 3.63) is 28.7 Å². The van der Waals surface area contributed by atoms with Crippen LogP contribution in [-0.2, 0) is 6.54 Å². The quantitative estimate of drug-likeness (QED) is 0.581. The van der Waals surface area contributed by atoms with Crippen LogP contribution in [0.4, 0.5) is 0 Å². The van der Waals surface area contributed by atoms with Gasteiger partial charge in [-0.05, 0) is 6.07 Å². The number of hydrogen-bond donors (Lipinski definition) is 2. The molecule has 3 N–H and O–H groups in total. The number of rotatable bonds is 3. The van der Waals surface area contributed by atoms with Crippen molar-refractivity contribution in [1.82, 2.24) is 9.78 Å². The van der Waals surface area contributed by atoms with Crippen LogP contribution in [0.3, 0.4) is 0 Å². The number of nitrogens with two attached hydrogens (primary N) is 1. The van der Waals surface area contributed by atoms with Gasteiger partial charge in [-0.15, -0.1) is 0 Å². The van der Waals surface area contributed by atoms with Gasteiger partial charge in [-0.2, -0.15) is 5.10 Å². The molecule has 1 aromatic heterocycles. The van der Waals surface area contributed by atoms with Gasteiger partial charge in [0.1, 0.15) is 0 Å². The van der Waals surface area contributed by atoms with E-state index in [1.54, 1.807) is 6.07 Å². The van der Waals surface area contributed by atoms with Gasteiger partial charge < -0.3 is 10.8 Å². The molecule has 0 aliphatic rings. The fourth-order valence-electron chi connectivity index (χ4n) is 0.799. The fraction of sp³-hybridized carbons (Fsp3) is 0.429. The molecule has 1 atom stereocenters. The van der Waals surface area contributed by atoms with Crippen molar-refractivity contribution < 1.29 is 5.11 Å². The zero-order valence-electron chi connectivity index (χ0n) is 6.55. The summed E-state index contributed by atoms with van der Waals surface area (Å²) in [6, 6.07) is 2.93. The molecule has 0 unspecified atom stereocenters. The number of aliphatic hydroxyl groups is 1. The molecule has 5 nitrogen and oxygen atoms in total. The normalized spacial score (nSPS) is 12.8. The van der Waals surface area contributed by atoms with Crippen LogP contribution in [0, 0.1) is 0 Å². The molecule has 0 spiro atoms.